The van der Waals surface area contributed by atoms with Gasteiger partial charge in [-0.15, -0.1) is 0 Å². The Morgan fingerprint density at radius 1 is 1.32 bits per heavy atom. The van der Waals surface area contributed by atoms with Gasteiger partial charge in [0.1, 0.15) is 5.82 Å². The number of aryl methyl sites for hydroxylation is 1. The quantitative estimate of drug-likeness (QED) is 0.654. The van der Waals surface area contributed by atoms with Gasteiger partial charge in [-0.3, -0.25) is 4.79 Å². The zero-order valence-corrected chi connectivity index (χ0v) is 16.2. The van der Waals surface area contributed by atoms with Crippen LogP contribution in [0.5, 0.6) is 0 Å². The minimum atomic E-state index is -0.280. The molecule has 3 N–H and O–H groups in total. The highest BCUT2D eigenvalue weighted by Crippen LogP contribution is 2.25. The Bertz CT molecular complexity index is 715. The number of H-pyrrole nitrogens is 1. The van der Waals surface area contributed by atoms with Gasteiger partial charge < -0.3 is 15.6 Å². The predicted octanol–water partition coefficient (Wildman–Crippen LogP) is 3.50. The van der Waals surface area contributed by atoms with Crippen molar-refractivity contribution in [1.29, 1.82) is 0 Å². The van der Waals surface area contributed by atoms with Crippen molar-refractivity contribution in [1.82, 2.24) is 20.6 Å². The maximum absolute atomic E-state index is 12.5. The molecule has 1 aromatic heterocycles. The third kappa shape index (κ3) is 5.73. The molecule has 0 bridgehead atoms. The average molecular weight is 383 g/mol. The molecule has 7 heteroatoms. The first kappa shape index (κ1) is 19.8. The van der Waals surface area contributed by atoms with Crippen LogP contribution in [0, 0.1) is 12.8 Å². The van der Waals surface area contributed by atoms with Gasteiger partial charge in [-0.2, -0.15) is 0 Å². The fourth-order valence-corrected chi connectivity index (χ4v) is 2.95. The van der Waals surface area contributed by atoms with E-state index in [1.807, 2.05) is 39.1 Å². The summed E-state index contributed by atoms with van der Waals surface area (Å²) in [4.78, 5) is 20.0. The number of hydrogen-bond donors (Lipinski definition) is 3. The smallest absolute Gasteiger partial charge is 0.237 e. The Balaban J connectivity index is 1.87. The van der Waals surface area contributed by atoms with E-state index < -0.39 is 0 Å². The first-order chi connectivity index (χ1) is 11.9. The zero-order valence-electron chi connectivity index (χ0n) is 14.7. The lowest BCUT2D eigenvalue weighted by atomic mass is 10.0. The summed E-state index contributed by atoms with van der Waals surface area (Å²) in [5.74, 6) is 1.01. The van der Waals surface area contributed by atoms with Crippen LogP contribution in [0.3, 0.4) is 0 Å². The fourth-order valence-electron chi connectivity index (χ4n) is 2.56. The van der Waals surface area contributed by atoms with Crippen LogP contribution in [0.4, 0.5) is 0 Å². The van der Waals surface area contributed by atoms with Crippen LogP contribution < -0.4 is 10.6 Å². The summed E-state index contributed by atoms with van der Waals surface area (Å²) < 4.78 is 0. The lowest BCUT2D eigenvalue weighted by Crippen LogP contribution is -2.47. The highest BCUT2D eigenvalue weighted by Gasteiger charge is 2.21. The van der Waals surface area contributed by atoms with E-state index in [9.17, 15) is 4.79 Å². The van der Waals surface area contributed by atoms with Crippen LogP contribution in [-0.2, 0) is 17.8 Å². The number of carbonyl (C=O) groups excluding carboxylic acids is 1. The normalized spacial score (nSPS) is 12.4. The van der Waals surface area contributed by atoms with Crippen molar-refractivity contribution in [2.45, 2.75) is 39.8 Å². The van der Waals surface area contributed by atoms with Crippen LogP contribution in [0.25, 0.3) is 0 Å². The van der Waals surface area contributed by atoms with Gasteiger partial charge in [-0.1, -0.05) is 49.2 Å². The number of aromatic amines is 1. The van der Waals surface area contributed by atoms with E-state index in [-0.39, 0.29) is 17.9 Å². The fraction of sp³-hybridized carbons (Fsp3) is 0.444. The van der Waals surface area contributed by atoms with Crippen molar-refractivity contribution >= 4 is 29.1 Å². The molecule has 0 aliphatic rings. The number of nitrogens with one attached hydrogen (secondary N) is 3. The summed E-state index contributed by atoms with van der Waals surface area (Å²) in [5, 5.41) is 7.22. The number of halogens is 2. The number of carbonyl (C=O) groups is 1. The van der Waals surface area contributed by atoms with Gasteiger partial charge in [0, 0.05) is 25.7 Å². The summed E-state index contributed by atoms with van der Waals surface area (Å²) in [6, 6.07) is 5.12. The molecule has 0 saturated carbocycles. The molecule has 0 radical (unpaired) electrons. The first-order valence-corrected chi connectivity index (χ1v) is 9.09. The number of rotatable bonds is 8. The Morgan fingerprint density at radius 2 is 2.08 bits per heavy atom. The second kappa shape index (κ2) is 9.22. The van der Waals surface area contributed by atoms with Crippen molar-refractivity contribution in [3.8, 4) is 0 Å². The van der Waals surface area contributed by atoms with Gasteiger partial charge in [0.2, 0.25) is 5.91 Å². The molecule has 0 aliphatic carbocycles. The third-order valence-corrected chi connectivity index (χ3v) is 4.80. The summed E-state index contributed by atoms with van der Waals surface area (Å²) >= 11 is 12.2. The number of imidazole rings is 1. The summed E-state index contributed by atoms with van der Waals surface area (Å²) in [6.45, 7) is 6.98. The maximum atomic E-state index is 12.5. The molecule has 136 valence electrons. The van der Waals surface area contributed by atoms with Crippen molar-refractivity contribution in [2.24, 2.45) is 5.92 Å². The van der Waals surface area contributed by atoms with Crippen molar-refractivity contribution in [3.05, 3.63) is 51.5 Å². The van der Waals surface area contributed by atoms with Gasteiger partial charge in [-0.25, -0.2) is 4.98 Å². The van der Waals surface area contributed by atoms with Crippen molar-refractivity contribution in [3.63, 3.8) is 0 Å². The minimum absolute atomic E-state index is 0.0516. The monoisotopic (exact) mass is 382 g/mol. The second-order valence-corrected chi connectivity index (χ2v) is 7.12. The first-order valence-electron chi connectivity index (χ1n) is 8.33. The molecule has 1 aromatic carbocycles. The zero-order chi connectivity index (χ0) is 18.4. The van der Waals surface area contributed by atoms with Crippen LogP contribution in [0.1, 0.15) is 30.9 Å². The number of benzene rings is 1. The van der Waals surface area contributed by atoms with E-state index in [1.165, 1.54) is 0 Å². The standard InChI is InChI=1S/C18H24Cl2N4O/c1-11(2)17(21-8-7-14-10-22-12(3)24-14)18(25)23-9-13-5-4-6-15(19)16(13)20/h4-6,10-11,17,21H,7-9H2,1-3H3,(H,22,24)(H,23,25)/t17-/m0/s1. The van der Waals surface area contributed by atoms with Crippen LogP contribution in [0.2, 0.25) is 10.0 Å². The van der Waals surface area contributed by atoms with Gasteiger partial charge in [0.15, 0.2) is 0 Å². The Morgan fingerprint density at radius 3 is 2.72 bits per heavy atom. The van der Waals surface area contributed by atoms with Gasteiger partial charge in [0.25, 0.3) is 0 Å². The molecule has 2 aromatic rings. The molecule has 0 saturated heterocycles. The van der Waals surface area contributed by atoms with Crippen LogP contribution >= 0.6 is 23.2 Å². The van der Waals surface area contributed by atoms with Crippen molar-refractivity contribution < 1.29 is 4.79 Å². The van der Waals surface area contributed by atoms with Crippen LogP contribution in [-0.4, -0.2) is 28.5 Å². The Kier molecular flexibility index (Phi) is 7.29. The summed E-state index contributed by atoms with van der Waals surface area (Å²) in [5.41, 5.74) is 1.79. The molecular formula is C18H24Cl2N4O. The SMILES string of the molecule is Cc1nc(CCN[C@H](C(=O)NCc2cccc(Cl)c2Cl)C(C)C)c[nH]1. The number of amides is 1. The largest absolute Gasteiger partial charge is 0.351 e. The third-order valence-electron chi connectivity index (χ3n) is 3.94. The molecule has 25 heavy (non-hydrogen) atoms. The van der Waals surface area contributed by atoms with E-state index >= 15 is 0 Å². The van der Waals surface area contributed by atoms with Gasteiger partial charge in [-0.05, 0) is 24.5 Å². The lowest BCUT2D eigenvalue weighted by Gasteiger charge is -2.22. The maximum Gasteiger partial charge on any atom is 0.237 e. The van der Waals surface area contributed by atoms with E-state index in [0.717, 1.165) is 23.5 Å². The van der Waals surface area contributed by atoms with Gasteiger partial charge in [0.05, 0.1) is 21.8 Å². The number of aromatic nitrogens is 2. The molecule has 0 fully saturated rings. The van der Waals surface area contributed by atoms with Gasteiger partial charge >= 0.3 is 0 Å². The van der Waals surface area contributed by atoms with Crippen molar-refractivity contribution in [2.75, 3.05) is 6.54 Å². The van der Waals surface area contributed by atoms with E-state index in [2.05, 4.69) is 20.6 Å². The predicted molar refractivity (Wildman–Crippen MR) is 102 cm³/mol. The van der Waals surface area contributed by atoms with E-state index in [1.54, 1.807) is 6.07 Å². The highest BCUT2D eigenvalue weighted by atomic mass is 35.5. The molecule has 0 spiro atoms. The molecule has 1 atom stereocenters. The van der Waals surface area contributed by atoms with E-state index in [0.29, 0.717) is 23.1 Å². The number of nitrogens with zero attached hydrogens (tertiary/aromatic N) is 1. The molecule has 5 nitrogen and oxygen atoms in total. The molecule has 0 aliphatic heterocycles. The molecule has 1 heterocycles. The average Bonchev–Trinajstić information content (AvgIpc) is 2.97. The van der Waals surface area contributed by atoms with E-state index in [4.69, 9.17) is 23.2 Å². The summed E-state index contributed by atoms with van der Waals surface area (Å²) in [7, 11) is 0. The number of hydrogen-bond acceptors (Lipinski definition) is 3. The molecule has 2 rings (SSSR count). The lowest BCUT2D eigenvalue weighted by molar-refractivity contribution is -0.124. The second-order valence-electron chi connectivity index (χ2n) is 6.33. The Hall–Kier alpha value is -1.56. The molecule has 0 unspecified atom stereocenters. The van der Waals surface area contributed by atoms with Crippen LogP contribution in [0.15, 0.2) is 24.4 Å². The molecule has 1 amide bonds. The topological polar surface area (TPSA) is 69.8 Å². The summed E-state index contributed by atoms with van der Waals surface area (Å²) in [6.07, 6.45) is 2.66. The highest BCUT2D eigenvalue weighted by molar-refractivity contribution is 6.42. The minimum Gasteiger partial charge on any atom is -0.351 e. The Labute approximate surface area is 158 Å². The molecular weight excluding hydrogens is 359 g/mol.